The van der Waals surface area contributed by atoms with Gasteiger partial charge in [0.2, 0.25) is 0 Å². The van der Waals surface area contributed by atoms with Crippen LogP contribution in [0.1, 0.15) is 19.5 Å². The molecular weight excluding hydrogens is 207 g/mol. The van der Waals surface area contributed by atoms with E-state index in [0.29, 0.717) is 15.7 Å². The second kappa shape index (κ2) is 3.53. The van der Waals surface area contributed by atoms with Gasteiger partial charge in [0.15, 0.2) is 0 Å². The molecule has 0 aliphatic heterocycles. The Labute approximate surface area is 87.1 Å². The lowest BCUT2D eigenvalue weighted by atomic mass is 9.91. The highest BCUT2D eigenvalue weighted by Gasteiger charge is 2.24. The number of nitrogens with zero attached hydrogens (tertiary/aromatic N) is 2. The predicted molar refractivity (Wildman–Crippen MR) is 52.9 cm³/mol. The average molecular weight is 215 g/mol. The summed E-state index contributed by atoms with van der Waals surface area (Å²) in [4.78, 5) is 4.03. The van der Waals surface area contributed by atoms with Gasteiger partial charge in [-0.2, -0.15) is 5.26 Å². The molecule has 1 aromatic heterocycles. The Balaban J connectivity index is 3.26. The summed E-state index contributed by atoms with van der Waals surface area (Å²) in [5.41, 5.74) is -0.122. The lowest BCUT2D eigenvalue weighted by molar-refractivity contribution is 0.660. The van der Waals surface area contributed by atoms with Crippen molar-refractivity contribution >= 4 is 23.2 Å². The molecule has 13 heavy (non-hydrogen) atoms. The quantitative estimate of drug-likeness (QED) is 0.721. The fraction of sp³-hybridized carbons (Fsp3) is 0.333. The molecule has 0 saturated heterocycles. The largest absolute Gasteiger partial charge is 0.257 e. The van der Waals surface area contributed by atoms with E-state index in [2.05, 4.69) is 11.1 Å². The molecule has 1 rings (SSSR count). The number of pyridine rings is 1. The Kier molecular flexibility index (Phi) is 2.80. The van der Waals surface area contributed by atoms with Crippen LogP contribution in [-0.4, -0.2) is 4.98 Å². The van der Waals surface area contributed by atoms with Crippen molar-refractivity contribution in [2.75, 3.05) is 0 Å². The fourth-order valence-electron chi connectivity index (χ4n) is 0.927. The van der Waals surface area contributed by atoms with Crippen molar-refractivity contribution in [3.05, 3.63) is 28.0 Å². The van der Waals surface area contributed by atoms with Gasteiger partial charge >= 0.3 is 0 Å². The summed E-state index contributed by atoms with van der Waals surface area (Å²) < 4.78 is 0. The van der Waals surface area contributed by atoms with E-state index in [1.165, 1.54) is 6.20 Å². The lowest BCUT2D eigenvalue weighted by Crippen LogP contribution is -2.16. The summed E-state index contributed by atoms with van der Waals surface area (Å²) >= 11 is 11.6. The van der Waals surface area contributed by atoms with E-state index in [0.717, 1.165) is 0 Å². The molecule has 0 N–H and O–H groups in total. The molecular formula is C9H8Cl2N2. The molecule has 0 bridgehead atoms. The van der Waals surface area contributed by atoms with Crippen molar-refractivity contribution in [2.45, 2.75) is 19.3 Å². The standard InChI is InChI=1S/C9H8Cl2N2/c1-9(2,5-12)8-7(11)3-6(10)4-13-8/h3-4H,1-2H3. The molecule has 0 unspecified atom stereocenters. The molecule has 0 aromatic carbocycles. The summed E-state index contributed by atoms with van der Waals surface area (Å²) in [5.74, 6) is 0. The first-order chi connectivity index (χ1) is 5.97. The van der Waals surface area contributed by atoms with Crippen LogP contribution >= 0.6 is 23.2 Å². The number of hydrogen-bond acceptors (Lipinski definition) is 2. The SMILES string of the molecule is CC(C)(C#N)c1ncc(Cl)cc1Cl. The monoisotopic (exact) mass is 214 g/mol. The summed E-state index contributed by atoms with van der Waals surface area (Å²) in [6.45, 7) is 3.52. The van der Waals surface area contributed by atoms with Gasteiger partial charge in [-0.15, -0.1) is 0 Å². The molecule has 0 saturated carbocycles. The van der Waals surface area contributed by atoms with Gasteiger partial charge < -0.3 is 0 Å². The molecule has 4 heteroatoms. The zero-order valence-corrected chi connectivity index (χ0v) is 8.82. The van der Waals surface area contributed by atoms with Crippen molar-refractivity contribution in [2.24, 2.45) is 0 Å². The van der Waals surface area contributed by atoms with E-state index in [-0.39, 0.29) is 0 Å². The Morgan fingerprint density at radius 3 is 2.54 bits per heavy atom. The third-order valence-corrected chi connectivity index (χ3v) is 2.17. The third-order valence-electron chi connectivity index (χ3n) is 1.68. The van der Waals surface area contributed by atoms with E-state index in [9.17, 15) is 0 Å². The van der Waals surface area contributed by atoms with Gasteiger partial charge in [0, 0.05) is 6.20 Å². The molecule has 1 aromatic rings. The van der Waals surface area contributed by atoms with Crippen molar-refractivity contribution in [3.63, 3.8) is 0 Å². The van der Waals surface area contributed by atoms with Crippen molar-refractivity contribution in [3.8, 4) is 6.07 Å². The van der Waals surface area contributed by atoms with Crippen LogP contribution in [0, 0.1) is 11.3 Å². The number of nitriles is 1. The molecule has 68 valence electrons. The van der Waals surface area contributed by atoms with Crippen LogP contribution in [0.5, 0.6) is 0 Å². The second-order valence-corrected chi connectivity index (χ2v) is 4.06. The average Bonchev–Trinajstić information content (AvgIpc) is 2.03. The molecule has 0 spiro atoms. The van der Waals surface area contributed by atoms with Crippen LogP contribution in [0.4, 0.5) is 0 Å². The summed E-state index contributed by atoms with van der Waals surface area (Å²) in [5, 5.41) is 9.76. The first-order valence-electron chi connectivity index (χ1n) is 3.70. The number of aromatic nitrogens is 1. The van der Waals surface area contributed by atoms with E-state index >= 15 is 0 Å². The van der Waals surface area contributed by atoms with Crippen LogP contribution in [0.3, 0.4) is 0 Å². The predicted octanol–water partition coefficient (Wildman–Crippen LogP) is 3.19. The van der Waals surface area contributed by atoms with Crippen LogP contribution in [0.15, 0.2) is 12.3 Å². The zero-order chi connectivity index (χ0) is 10.1. The van der Waals surface area contributed by atoms with E-state index in [1.54, 1.807) is 19.9 Å². The van der Waals surface area contributed by atoms with Crippen LogP contribution < -0.4 is 0 Å². The van der Waals surface area contributed by atoms with Crippen LogP contribution in [0.2, 0.25) is 10.0 Å². The van der Waals surface area contributed by atoms with Crippen LogP contribution in [0.25, 0.3) is 0 Å². The minimum absolute atomic E-state index is 0.430. The summed E-state index contributed by atoms with van der Waals surface area (Å²) in [7, 11) is 0. The minimum atomic E-state index is -0.679. The van der Waals surface area contributed by atoms with E-state index in [1.807, 2.05) is 0 Å². The molecule has 1 heterocycles. The summed E-state index contributed by atoms with van der Waals surface area (Å²) in [6.07, 6.45) is 1.49. The first-order valence-corrected chi connectivity index (χ1v) is 4.46. The van der Waals surface area contributed by atoms with E-state index < -0.39 is 5.41 Å². The highest BCUT2D eigenvalue weighted by atomic mass is 35.5. The van der Waals surface area contributed by atoms with Crippen molar-refractivity contribution < 1.29 is 0 Å². The number of hydrogen-bond donors (Lipinski definition) is 0. The minimum Gasteiger partial charge on any atom is -0.257 e. The van der Waals surface area contributed by atoms with Crippen molar-refractivity contribution in [1.82, 2.24) is 4.98 Å². The Morgan fingerprint density at radius 2 is 2.08 bits per heavy atom. The topological polar surface area (TPSA) is 36.7 Å². The highest BCUT2D eigenvalue weighted by molar-refractivity contribution is 6.34. The number of rotatable bonds is 1. The van der Waals surface area contributed by atoms with Gasteiger partial charge in [-0.3, -0.25) is 4.98 Å². The van der Waals surface area contributed by atoms with Gasteiger partial charge in [-0.05, 0) is 19.9 Å². The molecule has 2 nitrogen and oxygen atoms in total. The Hall–Kier alpha value is -0.780. The van der Waals surface area contributed by atoms with Gasteiger partial charge in [-0.25, -0.2) is 0 Å². The maximum absolute atomic E-state index is 8.86. The highest BCUT2D eigenvalue weighted by Crippen LogP contribution is 2.28. The number of halogens is 2. The maximum atomic E-state index is 8.86. The molecule has 0 atom stereocenters. The summed E-state index contributed by atoms with van der Waals surface area (Å²) in [6, 6.07) is 3.72. The van der Waals surface area contributed by atoms with Gasteiger partial charge in [-0.1, -0.05) is 23.2 Å². The fourth-order valence-corrected chi connectivity index (χ4v) is 1.54. The second-order valence-electron chi connectivity index (χ2n) is 3.22. The first kappa shape index (κ1) is 10.3. The Morgan fingerprint density at radius 1 is 1.46 bits per heavy atom. The molecule has 0 aliphatic rings. The van der Waals surface area contributed by atoms with E-state index in [4.69, 9.17) is 28.5 Å². The molecule has 0 amide bonds. The third kappa shape index (κ3) is 2.12. The Bertz CT molecular complexity index is 366. The van der Waals surface area contributed by atoms with Gasteiger partial charge in [0.05, 0.1) is 27.2 Å². The molecule has 0 fully saturated rings. The van der Waals surface area contributed by atoms with Gasteiger partial charge in [0.1, 0.15) is 0 Å². The smallest absolute Gasteiger partial charge is 0.0952 e. The normalized spacial score (nSPS) is 11.0. The maximum Gasteiger partial charge on any atom is 0.0952 e. The van der Waals surface area contributed by atoms with Crippen LogP contribution in [-0.2, 0) is 5.41 Å². The molecule has 0 aliphatic carbocycles. The molecule has 0 radical (unpaired) electrons. The van der Waals surface area contributed by atoms with Gasteiger partial charge in [0.25, 0.3) is 0 Å². The zero-order valence-electron chi connectivity index (χ0n) is 7.31. The van der Waals surface area contributed by atoms with Crippen molar-refractivity contribution in [1.29, 1.82) is 5.26 Å². The lowest BCUT2D eigenvalue weighted by Gasteiger charge is -2.15.